The second kappa shape index (κ2) is 11.0. The Morgan fingerprint density at radius 3 is 0.927 bits per heavy atom. The van der Waals surface area contributed by atoms with Gasteiger partial charge < -0.3 is 4.42 Å². The van der Waals surface area contributed by atoms with Gasteiger partial charge in [0.2, 0.25) is 0 Å². The lowest BCUT2D eigenvalue weighted by Gasteiger charge is -2.02. The average Bonchev–Trinajstić information content (AvgIpc) is 3.43. The third-order valence-electron chi connectivity index (χ3n) is 7.55. The molecule has 194 valence electrons. The number of hydrogen-bond donors (Lipinski definition) is 0. The predicted octanol–water partition coefficient (Wildman–Crippen LogP) is 11.6. The van der Waals surface area contributed by atoms with E-state index in [0.29, 0.717) is 0 Å². The number of fused-ring (bicyclic) bond motifs is 8. The Balaban J connectivity index is 0.000000101. The summed E-state index contributed by atoms with van der Waals surface area (Å²) in [5.74, 6) is 0. The van der Waals surface area contributed by atoms with E-state index >= 15 is 0 Å². The van der Waals surface area contributed by atoms with Gasteiger partial charge in [-0.25, -0.2) is 0 Å². The lowest BCUT2D eigenvalue weighted by molar-refractivity contribution is 0.669. The number of para-hydroxylation sites is 2. The van der Waals surface area contributed by atoms with Gasteiger partial charge in [0.1, 0.15) is 11.2 Å². The molecule has 0 radical (unpaired) electrons. The van der Waals surface area contributed by atoms with Crippen LogP contribution in [0.15, 0.2) is 174 Å². The van der Waals surface area contributed by atoms with Crippen molar-refractivity contribution >= 4 is 65.0 Å². The number of hydrogen-bond acceptors (Lipinski definition) is 1. The van der Waals surface area contributed by atoms with Gasteiger partial charge in [0, 0.05) is 10.8 Å². The summed E-state index contributed by atoms with van der Waals surface area (Å²) in [4.78, 5) is 0. The molecule has 1 heterocycles. The molecule has 0 amide bonds. The Morgan fingerprint density at radius 1 is 0.244 bits per heavy atom. The highest BCUT2D eigenvalue weighted by molar-refractivity contribution is 6.07. The Labute approximate surface area is 238 Å². The minimum atomic E-state index is 0.962. The molecule has 0 saturated heterocycles. The normalized spacial score (nSPS) is 10.9. The van der Waals surface area contributed by atoms with E-state index in [-0.39, 0.29) is 0 Å². The van der Waals surface area contributed by atoms with Gasteiger partial charge >= 0.3 is 0 Å². The summed E-state index contributed by atoms with van der Waals surface area (Å²) in [6, 6.07) is 59.0. The van der Waals surface area contributed by atoms with Crippen LogP contribution in [-0.2, 0) is 0 Å². The Kier molecular flexibility index (Phi) is 6.61. The molecule has 0 unspecified atom stereocenters. The molecule has 0 N–H and O–H groups in total. The smallest absolute Gasteiger partial charge is 0.135 e. The topological polar surface area (TPSA) is 13.1 Å². The Bertz CT molecular complexity index is 2050. The molecule has 9 rings (SSSR count). The van der Waals surface area contributed by atoms with Crippen molar-refractivity contribution in [2.75, 3.05) is 0 Å². The highest BCUT2D eigenvalue weighted by Crippen LogP contribution is 2.28. The van der Waals surface area contributed by atoms with Gasteiger partial charge in [-0.3, -0.25) is 0 Å². The zero-order valence-corrected chi connectivity index (χ0v) is 22.6. The molecule has 0 spiro atoms. The van der Waals surface area contributed by atoms with Crippen LogP contribution in [0, 0.1) is 0 Å². The van der Waals surface area contributed by atoms with E-state index in [4.69, 9.17) is 4.42 Å². The molecular formula is C40H28O. The van der Waals surface area contributed by atoms with Gasteiger partial charge in [-0.15, -0.1) is 0 Å². The van der Waals surface area contributed by atoms with E-state index in [0.717, 1.165) is 11.2 Å². The molecule has 0 fully saturated rings. The first-order valence-corrected chi connectivity index (χ1v) is 13.9. The molecule has 0 aliphatic rings. The van der Waals surface area contributed by atoms with Gasteiger partial charge in [0.05, 0.1) is 0 Å². The molecule has 0 atom stereocenters. The van der Waals surface area contributed by atoms with Crippen molar-refractivity contribution in [3.63, 3.8) is 0 Å². The lowest BCUT2D eigenvalue weighted by atomic mass is 10.0. The summed E-state index contributed by atoms with van der Waals surface area (Å²) in [7, 11) is 0. The molecule has 41 heavy (non-hydrogen) atoms. The Hall–Kier alpha value is -5.40. The minimum absolute atomic E-state index is 0.962. The molecule has 0 saturated carbocycles. The van der Waals surface area contributed by atoms with Gasteiger partial charge in [-0.05, 0) is 67.4 Å². The highest BCUT2D eigenvalue weighted by Gasteiger charge is 2.03. The van der Waals surface area contributed by atoms with Crippen LogP contribution in [-0.4, -0.2) is 0 Å². The van der Waals surface area contributed by atoms with Gasteiger partial charge in [-0.1, -0.05) is 146 Å². The molecular weight excluding hydrogens is 496 g/mol. The Morgan fingerprint density at radius 2 is 0.537 bits per heavy atom. The molecule has 0 aliphatic carbocycles. The molecule has 1 heteroatoms. The van der Waals surface area contributed by atoms with Crippen molar-refractivity contribution in [3.8, 4) is 0 Å². The van der Waals surface area contributed by atoms with Crippen LogP contribution in [0.4, 0.5) is 0 Å². The predicted molar refractivity (Wildman–Crippen MR) is 177 cm³/mol. The summed E-state index contributed by atoms with van der Waals surface area (Å²) in [5.41, 5.74) is 1.92. The first-order chi connectivity index (χ1) is 20.3. The monoisotopic (exact) mass is 524 g/mol. The van der Waals surface area contributed by atoms with Crippen molar-refractivity contribution < 1.29 is 4.42 Å². The fraction of sp³-hybridized carbons (Fsp3) is 0. The van der Waals surface area contributed by atoms with E-state index in [1.807, 2.05) is 36.4 Å². The first-order valence-electron chi connectivity index (χ1n) is 13.9. The van der Waals surface area contributed by atoms with Crippen molar-refractivity contribution in [1.29, 1.82) is 0 Å². The first kappa shape index (κ1) is 24.6. The minimum Gasteiger partial charge on any atom is -0.456 e. The van der Waals surface area contributed by atoms with Crippen molar-refractivity contribution in [2.45, 2.75) is 0 Å². The van der Waals surface area contributed by atoms with Crippen LogP contribution in [0.1, 0.15) is 0 Å². The summed E-state index contributed by atoms with van der Waals surface area (Å²) in [6.45, 7) is 0. The molecule has 1 nitrogen and oxygen atoms in total. The van der Waals surface area contributed by atoms with Crippen molar-refractivity contribution in [2.24, 2.45) is 0 Å². The van der Waals surface area contributed by atoms with Gasteiger partial charge in [0.15, 0.2) is 0 Å². The van der Waals surface area contributed by atoms with E-state index in [1.54, 1.807) is 0 Å². The average molecular weight is 525 g/mol. The summed E-state index contributed by atoms with van der Waals surface area (Å²) < 4.78 is 5.65. The zero-order chi connectivity index (χ0) is 27.4. The quantitative estimate of drug-likeness (QED) is 0.142. The lowest BCUT2D eigenvalue weighted by Crippen LogP contribution is -1.75. The number of furan rings is 1. The SMILES string of the molecule is c1ccc2c(c1)ccc1ccccc12.c1ccc2c(c1)oc1ccccc12.c1ccc2cc3ccccc3cc2c1. The highest BCUT2D eigenvalue weighted by atomic mass is 16.3. The molecule has 0 aliphatic heterocycles. The largest absolute Gasteiger partial charge is 0.456 e. The van der Waals surface area contributed by atoms with Gasteiger partial charge in [0.25, 0.3) is 0 Å². The summed E-state index contributed by atoms with van der Waals surface area (Å²) in [6.07, 6.45) is 0. The maximum absolute atomic E-state index is 5.65. The second-order valence-electron chi connectivity index (χ2n) is 10.1. The zero-order valence-electron chi connectivity index (χ0n) is 22.6. The molecule has 0 bridgehead atoms. The fourth-order valence-electron chi connectivity index (χ4n) is 5.51. The maximum Gasteiger partial charge on any atom is 0.135 e. The summed E-state index contributed by atoms with van der Waals surface area (Å²) >= 11 is 0. The van der Waals surface area contributed by atoms with Gasteiger partial charge in [-0.2, -0.15) is 0 Å². The van der Waals surface area contributed by atoms with Crippen LogP contribution in [0.2, 0.25) is 0 Å². The third-order valence-corrected chi connectivity index (χ3v) is 7.55. The van der Waals surface area contributed by atoms with E-state index < -0.39 is 0 Å². The standard InChI is InChI=1S/2C14H10.C12H8O/c1-3-7-13-11(5-1)9-10-12-6-2-4-8-14(12)13;1-2-6-12-10-14-8-4-3-7-13(14)9-11(12)5-1;1-3-7-11-9(5-1)10-6-2-4-8-12(10)13-11/h2*1-10H;1-8H. The van der Waals surface area contributed by atoms with Crippen LogP contribution < -0.4 is 0 Å². The summed E-state index contributed by atoms with van der Waals surface area (Å²) in [5, 5.41) is 12.9. The van der Waals surface area contributed by atoms with E-state index in [1.165, 1.54) is 53.9 Å². The van der Waals surface area contributed by atoms with Crippen molar-refractivity contribution in [1.82, 2.24) is 0 Å². The third kappa shape index (κ3) is 5.02. The molecule has 8 aromatic carbocycles. The van der Waals surface area contributed by atoms with Crippen LogP contribution >= 0.6 is 0 Å². The fourth-order valence-corrected chi connectivity index (χ4v) is 5.51. The molecule has 1 aromatic heterocycles. The van der Waals surface area contributed by atoms with Crippen LogP contribution in [0.3, 0.4) is 0 Å². The number of benzene rings is 8. The second-order valence-corrected chi connectivity index (χ2v) is 10.1. The van der Waals surface area contributed by atoms with Crippen LogP contribution in [0.25, 0.3) is 65.0 Å². The maximum atomic E-state index is 5.65. The van der Waals surface area contributed by atoms with Crippen LogP contribution in [0.5, 0.6) is 0 Å². The number of rotatable bonds is 0. The van der Waals surface area contributed by atoms with E-state index in [2.05, 4.69) is 133 Å². The molecule has 9 aromatic rings. The van der Waals surface area contributed by atoms with Crippen molar-refractivity contribution in [3.05, 3.63) is 170 Å². The van der Waals surface area contributed by atoms with E-state index in [9.17, 15) is 0 Å².